The molecule has 1 amide bonds. The Kier molecular flexibility index (Phi) is 5.45. The van der Waals surface area contributed by atoms with Gasteiger partial charge in [-0.25, -0.2) is 0 Å². The third kappa shape index (κ3) is 4.30. The van der Waals surface area contributed by atoms with Crippen molar-refractivity contribution in [2.45, 2.75) is 69.9 Å². The zero-order chi connectivity index (χ0) is 25.0. The van der Waals surface area contributed by atoms with Gasteiger partial charge in [0.25, 0.3) is 0 Å². The molecule has 8 heteroatoms. The second-order valence-electron chi connectivity index (χ2n) is 10.7. The second kappa shape index (κ2) is 8.14. The Balaban J connectivity index is 1.40. The van der Waals surface area contributed by atoms with Crippen molar-refractivity contribution in [2.24, 2.45) is 5.18 Å². The molecule has 1 fully saturated rings. The lowest BCUT2D eigenvalue weighted by Crippen LogP contribution is -2.27. The average molecular weight is 482 g/mol. The van der Waals surface area contributed by atoms with Crippen molar-refractivity contribution < 1.29 is 18.3 Å². The van der Waals surface area contributed by atoms with Gasteiger partial charge in [-0.3, -0.25) is 4.79 Å². The van der Waals surface area contributed by atoms with Crippen LogP contribution in [0.3, 0.4) is 0 Å². The molecule has 1 aliphatic heterocycles. The predicted octanol–water partition coefficient (Wildman–Crippen LogP) is 6.29. The molecule has 2 aliphatic rings. The number of benzene rings is 2. The smallest absolute Gasteiger partial charge is 0.402 e. The molecule has 0 saturated heterocycles. The SMILES string of the molecule is CC(C)(C)c1cc2cc(NC(=O)C3(c4ccc5c(c4)OC(F)(F)C5)CC3)ccc2n1CCCN=O. The Labute approximate surface area is 202 Å². The van der Waals surface area contributed by atoms with Gasteiger partial charge in [-0.2, -0.15) is 13.7 Å². The Morgan fingerprint density at radius 1 is 1.14 bits per heavy atom. The second-order valence-corrected chi connectivity index (χ2v) is 10.7. The number of alkyl halides is 2. The van der Waals surface area contributed by atoms with Gasteiger partial charge in [-0.15, -0.1) is 0 Å². The molecule has 2 aromatic carbocycles. The van der Waals surface area contributed by atoms with E-state index in [1.165, 1.54) is 0 Å². The van der Waals surface area contributed by atoms with E-state index in [4.69, 9.17) is 4.74 Å². The third-order valence-corrected chi connectivity index (χ3v) is 7.02. The van der Waals surface area contributed by atoms with Gasteiger partial charge < -0.3 is 14.6 Å². The minimum absolute atomic E-state index is 0.0957. The molecule has 1 aliphatic carbocycles. The number of aryl methyl sites for hydroxylation is 1. The van der Waals surface area contributed by atoms with Crippen LogP contribution < -0.4 is 10.1 Å². The van der Waals surface area contributed by atoms with Gasteiger partial charge in [-0.1, -0.05) is 38.1 Å². The minimum Gasteiger partial charge on any atom is -0.432 e. The molecule has 0 atom stereocenters. The minimum atomic E-state index is -3.19. The van der Waals surface area contributed by atoms with Crippen molar-refractivity contribution in [1.82, 2.24) is 4.57 Å². The highest BCUT2D eigenvalue weighted by Gasteiger charge is 2.52. The van der Waals surface area contributed by atoms with Crippen molar-refractivity contribution in [2.75, 3.05) is 11.9 Å². The molecular formula is C27H29F2N3O3. The molecule has 0 radical (unpaired) electrons. The fraction of sp³-hybridized carbons (Fsp3) is 0.444. The quantitative estimate of drug-likeness (QED) is 0.318. The Hall–Kier alpha value is -3.29. The molecule has 184 valence electrons. The van der Waals surface area contributed by atoms with Gasteiger partial charge in [0.2, 0.25) is 5.91 Å². The molecule has 0 spiro atoms. The van der Waals surface area contributed by atoms with Crippen LogP contribution in [-0.4, -0.2) is 23.1 Å². The fourth-order valence-corrected chi connectivity index (χ4v) is 5.04. The van der Waals surface area contributed by atoms with E-state index in [1.807, 2.05) is 18.2 Å². The number of hydrogen-bond acceptors (Lipinski definition) is 4. The zero-order valence-electron chi connectivity index (χ0n) is 20.2. The van der Waals surface area contributed by atoms with E-state index in [1.54, 1.807) is 18.2 Å². The molecule has 5 rings (SSSR count). The number of nitrogens with one attached hydrogen (secondary N) is 1. The average Bonchev–Trinajstić information content (AvgIpc) is 3.42. The standard InChI is InChI=1S/C27H29F2N3O3/c1-25(2,3)23-14-18-13-20(7-8-21(18)32(23)12-4-11-30-34)31-24(33)26(9-10-26)19-6-5-17-16-27(28,29)35-22(17)15-19/h5-8,13-15H,4,9-12,16H2,1-3H3,(H,31,33). The summed E-state index contributed by atoms with van der Waals surface area (Å²) in [6.45, 7) is 7.39. The summed E-state index contributed by atoms with van der Waals surface area (Å²) < 4.78 is 34.3. The summed E-state index contributed by atoms with van der Waals surface area (Å²) in [7, 11) is 0. The maximum atomic E-state index is 13.6. The monoisotopic (exact) mass is 481 g/mol. The maximum absolute atomic E-state index is 13.6. The summed E-state index contributed by atoms with van der Waals surface area (Å²) in [5.41, 5.74) is 3.22. The molecule has 0 bridgehead atoms. The van der Waals surface area contributed by atoms with Crippen LogP contribution in [0.25, 0.3) is 10.9 Å². The van der Waals surface area contributed by atoms with Gasteiger partial charge in [-0.05, 0) is 55.2 Å². The lowest BCUT2D eigenvalue weighted by molar-refractivity contribution is -0.159. The first kappa shape index (κ1) is 23.5. The van der Waals surface area contributed by atoms with Crippen LogP contribution in [0.1, 0.15) is 56.9 Å². The number of aromatic nitrogens is 1. The van der Waals surface area contributed by atoms with E-state index >= 15 is 0 Å². The summed E-state index contributed by atoms with van der Waals surface area (Å²) in [5, 5.41) is 7.03. The number of carbonyl (C=O) groups is 1. The van der Waals surface area contributed by atoms with E-state index in [-0.39, 0.29) is 23.6 Å². The van der Waals surface area contributed by atoms with Crippen molar-refractivity contribution in [3.05, 3.63) is 64.2 Å². The summed E-state index contributed by atoms with van der Waals surface area (Å²) in [5.74, 6) is 0.0166. The van der Waals surface area contributed by atoms with Crippen molar-refractivity contribution >= 4 is 22.5 Å². The van der Waals surface area contributed by atoms with E-state index in [0.717, 1.165) is 16.6 Å². The van der Waals surface area contributed by atoms with Crippen molar-refractivity contribution in [1.29, 1.82) is 0 Å². The molecule has 1 N–H and O–H groups in total. The Bertz CT molecular complexity index is 1320. The number of nitroso groups, excluding NO2 is 1. The van der Waals surface area contributed by atoms with Gasteiger partial charge >= 0.3 is 6.11 Å². The van der Waals surface area contributed by atoms with Crippen molar-refractivity contribution in [3.8, 4) is 5.75 Å². The molecule has 1 aromatic heterocycles. The molecule has 0 unspecified atom stereocenters. The summed E-state index contributed by atoms with van der Waals surface area (Å²) in [6.07, 6.45) is -1.66. The van der Waals surface area contributed by atoms with E-state index in [0.29, 0.717) is 42.6 Å². The highest BCUT2D eigenvalue weighted by atomic mass is 19.3. The van der Waals surface area contributed by atoms with E-state index < -0.39 is 17.9 Å². The first-order chi connectivity index (χ1) is 16.5. The number of amides is 1. The number of carbonyl (C=O) groups excluding carboxylic acids is 1. The van der Waals surface area contributed by atoms with Crippen molar-refractivity contribution in [3.63, 3.8) is 0 Å². The number of ether oxygens (including phenoxy) is 1. The summed E-state index contributed by atoms with van der Waals surface area (Å²) in [4.78, 5) is 23.9. The molecule has 1 saturated carbocycles. The van der Waals surface area contributed by atoms with Crippen LogP contribution in [0.5, 0.6) is 5.75 Å². The number of rotatable bonds is 7. The van der Waals surface area contributed by atoms with E-state index in [9.17, 15) is 18.5 Å². The number of halogens is 2. The van der Waals surface area contributed by atoms with Crippen LogP contribution in [-0.2, 0) is 28.6 Å². The highest BCUT2D eigenvalue weighted by Crippen LogP contribution is 2.51. The zero-order valence-corrected chi connectivity index (χ0v) is 20.2. The molecule has 35 heavy (non-hydrogen) atoms. The van der Waals surface area contributed by atoms with Crippen LogP contribution in [0.2, 0.25) is 0 Å². The number of anilines is 1. The normalized spacial score (nSPS) is 17.6. The molecule has 2 heterocycles. The number of fused-ring (bicyclic) bond motifs is 2. The topological polar surface area (TPSA) is 72.7 Å². The van der Waals surface area contributed by atoms with Crippen LogP contribution >= 0.6 is 0 Å². The predicted molar refractivity (Wildman–Crippen MR) is 131 cm³/mol. The third-order valence-electron chi connectivity index (χ3n) is 7.02. The van der Waals surface area contributed by atoms with Gasteiger partial charge in [0.1, 0.15) is 5.75 Å². The van der Waals surface area contributed by atoms with Crippen LogP contribution in [0, 0.1) is 4.91 Å². The fourth-order valence-electron chi connectivity index (χ4n) is 5.04. The first-order valence-electron chi connectivity index (χ1n) is 12.0. The number of nitrogens with zero attached hydrogens (tertiary/aromatic N) is 2. The highest BCUT2D eigenvalue weighted by molar-refractivity contribution is 6.02. The van der Waals surface area contributed by atoms with E-state index in [2.05, 4.69) is 41.9 Å². The lowest BCUT2D eigenvalue weighted by atomic mass is 9.92. The van der Waals surface area contributed by atoms with Gasteiger partial charge in [0.15, 0.2) is 0 Å². The number of hydrogen-bond donors (Lipinski definition) is 1. The molecule has 3 aromatic rings. The molecular weight excluding hydrogens is 452 g/mol. The Morgan fingerprint density at radius 3 is 2.60 bits per heavy atom. The van der Waals surface area contributed by atoms with Gasteiger partial charge in [0, 0.05) is 39.8 Å². The Morgan fingerprint density at radius 2 is 1.91 bits per heavy atom. The van der Waals surface area contributed by atoms with Crippen LogP contribution in [0.15, 0.2) is 47.6 Å². The largest absolute Gasteiger partial charge is 0.432 e. The summed E-state index contributed by atoms with van der Waals surface area (Å²) >= 11 is 0. The van der Waals surface area contributed by atoms with Crippen LogP contribution in [0.4, 0.5) is 14.5 Å². The lowest BCUT2D eigenvalue weighted by Gasteiger charge is -2.22. The van der Waals surface area contributed by atoms with Gasteiger partial charge in [0.05, 0.1) is 18.4 Å². The first-order valence-corrected chi connectivity index (χ1v) is 12.0. The maximum Gasteiger partial charge on any atom is 0.402 e. The molecule has 6 nitrogen and oxygen atoms in total. The summed E-state index contributed by atoms with van der Waals surface area (Å²) in [6, 6.07) is 13.0.